The summed E-state index contributed by atoms with van der Waals surface area (Å²) in [5.74, 6) is -0.627. The zero-order valence-corrected chi connectivity index (χ0v) is 9.93. The van der Waals surface area contributed by atoms with Gasteiger partial charge in [0.2, 0.25) is 0 Å². The van der Waals surface area contributed by atoms with Crippen molar-refractivity contribution in [2.75, 3.05) is 13.1 Å². The van der Waals surface area contributed by atoms with E-state index < -0.39 is 5.82 Å². The Bertz CT molecular complexity index is 380. The summed E-state index contributed by atoms with van der Waals surface area (Å²) in [5.41, 5.74) is 0.379. The summed E-state index contributed by atoms with van der Waals surface area (Å²) in [6.07, 6.45) is 1.78. The highest BCUT2D eigenvalue weighted by molar-refractivity contribution is 5.75. The average molecular weight is 241 g/mol. The molecule has 0 saturated carbocycles. The zero-order chi connectivity index (χ0) is 12.7. The molecule has 0 saturated heterocycles. The summed E-state index contributed by atoms with van der Waals surface area (Å²) < 4.78 is 26.1. The second-order valence-corrected chi connectivity index (χ2v) is 4.04. The number of rotatable bonds is 7. The van der Waals surface area contributed by atoms with Crippen molar-refractivity contribution in [2.45, 2.75) is 26.2 Å². The van der Waals surface area contributed by atoms with E-state index in [1.807, 2.05) is 0 Å². The van der Waals surface area contributed by atoms with Crippen LogP contribution >= 0.6 is 0 Å². The van der Waals surface area contributed by atoms with E-state index in [4.69, 9.17) is 0 Å². The SMILES string of the molecule is CC(=O)CCCNCCc1cc(F)ccc1F. The monoisotopic (exact) mass is 241 g/mol. The highest BCUT2D eigenvalue weighted by Crippen LogP contribution is 2.09. The number of carbonyl (C=O) groups is 1. The maximum absolute atomic E-state index is 13.2. The van der Waals surface area contributed by atoms with E-state index in [2.05, 4.69) is 5.32 Å². The second kappa shape index (κ2) is 7.12. The Hall–Kier alpha value is -1.29. The largest absolute Gasteiger partial charge is 0.316 e. The van der Waals surface area contributed by atoms with Crippen molar-refractivity contribution < 1.29 is 13.6 Å². The van der Waals surface area contributed by atoms with Crippen molar-refractivity contribution in [2.24, 2.45) is 0 Å². The van der Waals surface area contributed by atoms with Gasteiger partial charge in [0.15, 0.2) is 0 Å². The molecule has 0 amide bonds. The highest BCUT2D eigenvalue weighted by atomic mass is 19.1. The number of ketones is 1. The lowest BCUT2D eigenvalue weighted by Crippen LogP contribution is -2.19. The normalized spacial score (nSPS) is 10.5. The first-order chi connectivity index (χ1) is 8.09. The lowest BCUT2D eigenvalue weighted by Gasteiger charge is -2.05. The molecule has 0 aliphatic heterocycles. The van der Waals surface area contributed by atoms with Crippen LogP contribution in [0.3, 0.4) is 0 Å². The molecule has 0 unspecified atom stereocenters. The molecule has 1 N–H and O–H groups in total. The van der Waals surface area contributed by atoms with Crippen LogP contribution in [0.2, 0.25) is 0 Å². The van der Waals surface area contributed by atoms with E-state index in [0.717, 1.165) is 25.1 Å². The summed E-state index contributed by atoms with van der Waals surface area (Å²) in [4.78, 5) is 10.7. The second-order valence-electron chi connectivity index (χ2n) is 4.04. The van der Waals surface area contributed by atoms with Crippen LogP contribution in [-0.2, 0) is 11.2 Å². The quantitative estimate of drug-likeness (QED) is 0.743. The molecule has 1 aromatic carbocycles. The summed E-state index contributed by atoms with van der Waals surface area (Å²) in [6.45, 7) is 2.86. The number of hydrogen-bond acceptors (Lipinski definition) is 2. The molecule has 0 aliphatic rings. The van der Waals surface area contributed by atoms with Gasteiger partial charge in [-0.15, -0.1) is 0 Å². The summed E-state index contributed by atoms with van der Waals surface area (Å²) in [6, 6.07) is 3.46. The van der Waals surface area contributed by atoms with Gasteiger partial charge in [0.25, 0.3) is 0 Å². The number of nitrogens with one attached hydrogen (secondary N) is 1. The number of halogens is 2. The molecule has 94 valence electrons. The molecule has 17 heavy (non-hydrogen) atoms. The number of Topliss-reactive ketones (excluding diaryl/α,β-unsaturated/α-hetero) is 1. The molecule has 2 nitrogen and oxygen atoms in total. The topological polar surface area (TPSA) is 29.1 Å². The van der Waals surface area contributed by atoms with Crippen LogP contribution in [0.4, 0.5) is 8.78 Å². The third-order valence-corrected chi connectivity index (χ3v) is 2.46. The van der Waals surface area contributed by atoms with Crippen molar-refractivity contribution >= 4 is 5.78 Å². The molecule has 4 heteroatoms. The van der Waals surface area contributed by atoms with Crippen molar-refractivity contribution in [1.82, 2.24) is 5.32 Å². The van der Waals surface area contributed by atoms with E-state index in [9.17, 15) is 13.6 Å². The van der Waals surface area contributed by atoms with E-state index in [-0.39, 0.29) is 11.6 Å². The van der Waals surface area contributed by atoms with Crippen LogP contribution in [-0.4, -0.2) is 18.9 Å². The van der Waals surface area contributed by atoms with Crippen LogP contribution in [0.25, 0.3) is 0 Å². The van der Waals surface area contributed by atoms with E-state index in [1.165, 1.54) is 6.07 Å². The van der Waals surface area contributed by atoms with Gasteiger partial charge in [-0.2, -0.15) is 0 Å². The third kappa shape index (κ3) is 5.54. The highest BCUT2D eigenvalue weighted by Gasteiger charge is 2.03. The van der Waals surface area contributed by atoms with E-state index >= 15 is 0 Å². The Morgan fingerprint density at radius 1 is 1.29 bits per heavy atom. The van der Waals surface area contributed by atoms with Gasteiger partial charge in [0.1, 0.15) is 17.4 Å². The smallest absolute Gasteiger partial charge is 0.129 e. The van der Waals surface area contributed by atoms with Crippen molar-refractivity contribution in [3.63, 3.8) is 0 Å². The Balaban J connectivity index is 2.22. The minimum atomic E-state index is -0.419. The predicted octanol–water partition coefficient (Wildman–Crippen LogP) is 2.47. The molecule has 0 aromatic heterocycles. The lowest BCUT2D eigenvalue weighted by molar-refractivity contribution is -0.117. The van der Waals surface area contributed by atoms with Gasteiger partial charge < -0.3 is 10.1 Å². The first-order valence-corrected chi connectivity index (χ1v) is 5.73. The molecule has 0 radical (unpaired) electrons. The molecule has 1 aromatic rings. The van der Waals surface area contributed by atoms with Gasteiger partial charge in [-0.3, -0.25) is 0 Å². The van der Waals surface area contributed by atoms with Crippen molar-refractivity contribution in [3.8, 4) is 0 Å². The fourth-order valence-corrected chi connectivity index (χ4v) is 1.55. The van der Waals surface area contributed by atoms with E-state index in [1.54, 1.807) is 6.92 Å². The predicted molar refractivity (Wildman–Crippen MR) is 62.8 cm³/mol. The van der Waals surface area contributed by atoms with Gasteiger partial charge in [0, 0.05) is 6.42 Å². The van der Waals surface area contributed by atoms with Gasteiger partial charge in [-0.25, -0.2) is 8.78 Å². The third-order valence-electron chi connectivity index (χ3n) is 2.46. The Morgan fingerprint density at radius 3 is 2.76 bits per heavy atom. The Kier molecular flexibility index (Phi) is 5.77. The molecule has 0 bridgehead atoms. The maximum Gasteiger partial charge on any atom is 0.129 e. The Morgan fingerprint density at radius 2 is 2.06 bits per heavy atom. The molecule has 1 rings (SSSR count). The number of hydrogen-bond donors (Lipinski definition) is 1. The maximum atomic E-state index is 13.2. The van der Waals surface area contributed by atoms with Crippen LogP contribution < -0.4 is 5.32 Å². The minimum Gasteiger partial charge on any atom is -0.316 e. The van der Waals surface area contributed by atoms with Crippen molar-refractivity contribution in [3.05, 3.63) is 35.4 Å². The average Bonchev–Trinajstić information content (AvgIpc) is 2.27. The van der Waals surface area contributed by atoms with Crippen LogP contribution in [0.5, 0.6) is 0 Å². The summed E-state index contributed by atoms with van der Waals surface area (Å²) >= 11 is 0. The van der Waals surface area contributed by atoms with Crippen molar-refractivity contribution in [1.29, 1.82) is 0 Å². The van der Waals surface area contributed by atoms with Crippen LogP contribution in [0.1, 0.15) is 25.3 Å². The molecule has 0 fully saturated rings. The first kappa shape index (κ1) is 13.8. The van der Waals surface area contributed by atoms with Gasteiger partial charge in [-0.1, -0.05) is 0 Å². The molecule has 0 spiro atoms. The zero-order valence-electron chi connectivity index (χ0n) is 9.93. The fraction of sp³-hybridized carbons (Fsp3) is 0.462. The Labute approximate surface area is 100 Å². The summed E-state index contributed by atoms with van der Waals surface area (Å²) in [7, 11) is 0. The minimum absolute atomic E-state index is 0.169. The molecule has 0 aliphatic carbocycles. The summed E-state index contributed by atoms with van der Waals surface area (Å²) in [5, 5.41) is 3.09. The molecular formula is C13H17F2NO. The van der Waals surface area contributed by atoms with Gasteiger partial charge in [0.05, 0.1) is 0 Å². The number of benzene rings is 1. The lowest BCUT2D eigenvalue weighted by atomic mass is 10.1. The van der Waals surface area contributed by atoms with Crippen LogP contribution in [0, 0.1) is 11.6 Å². The molecule has 0 heterocycles. The first-order valence-electron chi connectivity index (χ1n) is 5.73. The standard InChI is InChI=1S/C13H17F2NO/c1-10(17)3-2-7-16-8-6-11-9-12(14)4-5-13(11)15/h4-5,9,16H,2-3,6-8H2,1H3. The number of carbonyl (C=O) groups excluding carboxylic acids is 1. The molecule has 0 atom stereocenters. The molecular weight excluding hydrogens is 224 g/mol. The van der Waals surface area contributed by atoms with E-state index in [0.29, 0.717) is 24.9 Å². The fourth-order valence-electron chi connectivity index (χ4n) is 1.55. The van der Waals surface area contributed by atoms with Gasteiger partial charge in [-0.05, 0) is 56.6 Å². The van der Waals surface area contributed by atoms with Gasteiger partial charge >= 0.3 is 0 Å². The van der Waals surface area contributed by atoms with Crippen LogP contribution in [0.15, 0.2) is 18.2 Å².